The SMILES string of the molecule is Cc1cn(COCCS(C)(C)C)c2nccc(Oc3ccc([C@H]4CN(C(=O)OC(C)(C)C)C[C@@H]4C(=O)O)cc3)c12. The Morgan fingerprint density at radius 2 is 1.80 bits per heavy atom. The summed E-state index contributed by atoms with van der Waals surface area (Å²) in [6.07, 6.45) is 10.1. The number of pyridine rings is 1. The lowest BCUT2D eigenvalue weighted by atomic mass is 9.89. The molecule has 1 saturated heterocycles. The largest absolute Gasteiger partial charge is 0.481 e. The van der Waals surface area contributed by atoms with Gasteiger partial charge in [-0.25, -0.2) is 19.8 Å². The van der Waals surface area contributed by atoms with Crippen molar-refractivity contribution in [3.8, 4) is 11.5 Å². The maximum atomic E-state index is 12.6. The third-order valence-electron chi connectivity index (χ3n) is 6.80. The zero-order valence-corrected chi connectivity index (χ0v) is 25.3. The van der Waals surface area contributed by atoms with Crippen molar-refractivity contribution in [3.05, 3.63) is 53.9 Å². The van der Waals surface area contributed by atoms with E-state index in [2.05, 4.69) is 23.8 Å². The fourth-order valence-electron chi connectivity index (χ4n) is 4.81. The summed E-state index contributed by atoms with van der Waals surface area (Å²) in [6.45, 7) is 8.93. The number of carbonyl (C=O) groups is 2. The summed E-state index contributed by atoms with van der Waals surface area (Å²) in [6, 6.07) is 9.25. The summed E-state index contributed by atoms with van der Waals surface area (Å²) in [5.74, 6) is 0.376. The van der Waals surface area contributed by atoms with Crippen LogP contribution in [0.25, 0.3) is 11.0 Å². The van der Waals surface area contributed by atoms with Crippen LogP contribution in [0.4, 0.5) is 4.79 Å². The van der Waals surface area contributed by atoms with E-state index in [4.69, 9.17) is 14.2 Å². The number of fused-ring (bicyclic) bond motifs is 1. The van der Waals surface area contributed by atoms with Crippen LogP contribution < -0.4 is 4.74 Å². The van der Waals surface area contributed by atoms with E-state index in [1.807, 2.05) is 48.0 Å². The monoisotopic (exact) mass is 571 g/mol. The van der Waals surface area contributed by atoms with Gasteiger partial charge in [-0.2, -0.15) is 0 Å². The second kappa shape index (κ2) is 11.7. The van der Waals surface area contributed by atoms with Crippen molar-refractivity contribution >= 4 is 33.1 Å². The van der Waals surface area contributed by atoms with Crippen molar-refractivity contribution in [2.24, 2.45) is 5.92 Å². The number of benzene rings is 1. The molecule has 0 spiro atoms. The standard InChI is InChI=1S/C30H41N3O6S/c1-20-16-33(19-37-14-15-40(5,6)7)27-26(20)25(12-13-31-27)38-22-10-8-21(9-11-22)23-17-32(18-24(23)28(34)35)29(36)39-30(2,3)4/h8-13,16,23-24H,14-15,17-19H2,1-7H3,(H,34,35)/t23-,24+/m1/s1. The fourth-order valence-corrected chi connectivity index (χ4v) is 5.43. The third kappa shape index (κ3) is 7.28. The topological polar surface area (TPSA) is 103 Å². The number of hydrogen-bond donors (Lipinski definition) is 1. The molecule has 1 amide bonds. The first-order valence-corrected chi connectivity index (χ1v) is 16.4. The van der Waals surface area contributed by atoms with E-state index in [1.165, 1.54) is 4.90 Å². The Balaban J connectivity index is 1.48. The van der Waals surface area contributed by atoms with Crippen LogP contribution in [-0.2, 0) is 21.0 Å². The molecule has 0 radical (unpaired) electrons. The maximum Gasteiger partial charge on any atom is 0.410 e. The summed E-state index contributed by atoms with van der Waals surface area (Å²) in [5, 5.41) is 10.8. The Morgan fingerprint density at radius 1 is 1.10 bits per heavy atom. The predicted octanol–water partition coefficient (Wildman–Crippen LogP) is 5.84. The molecule has 1 aliphatic heterocycles. The van der Waals surface area contributed by atoms with E-state index in [-0.39, 0.29) is 19.0 Å². The van der Waals surface area contributed by atoms with Crippen LogP contribution in [0.3, 0.4) is 0 Å². The Kier molecular flexibility index (Phi) is 8.70. The van der Waals surface area contributed by atoms with Crippen molar-refractivity contribution in [3.63, 3.8) is 0 Å². The van der Waals surface area contributed by atoms with Crippen molar-refractivity contribution in [2.45, 2.75) is 45.9 Å². The lowest BCUT2D eigenvalue weighted by Gasteiger charge is -2.24. The molecule has 0 unspecified atom stereocenters. The first-order chi connectivity index (χ1) is 18.7. The number of aliphatic carboxylic acids is 1. The van der Waals surface area contributed by atoms with Gasteiger partial charge in [0.1, 0.15) is 29.5 Å². The first kappa shape index (κ1) is 29.7. The molecule has 40 heavy (non-hydrogen) atoms. The van der Waals surface area contributed by atoms with Gasteiger partial charge in [-0.15, -0.1) is 0 Å². The van der Waals surface area contributed by atoms with E-state index >= 15 is 0 Å². The Labute approximate surface area is 237 Å². The van der Waals surface area contributed by atoms with Crippen molar-refractivity contribution < 1.29 is 28.9 Å². The number of amides is 1. The molecule has 1 N–H and O–H groups in total. The number of ether oxygens (including phenoxy) is 3. The number of hydrogen-bond acceptors (Lipinski definition) is 6. The van der Waals surface area contributed by atoms with E-state index in [0.717, 1.165) is 27.9 Å². The van der Waals surface area contributed by atoms with Crippen LogP contribution >= 0.6 is 10.0 Å². The third-order valence-corrected chi connectivity index (χ3v) is 8.20. The van der Waals surface area contributed by atoms with Crippen LogP contribution in [-0.4, -0.2) is 81.4 Å². The van der Waals surface area contributed by atoms with E-state index in [1.54, 1.807) is 27.0 Å². The predicted molar refractivity (Wildman–Crippen MR) is 159 cm³/mol. The molecular weight excluding hydrogens is 530 g/mol. The van der Waals surface area contributed by atoms with Crippen LogP contribution in [0.5, 0.6) is 11.5 Å². The van der Waals surface area contributed by atoms with Crippen LogP contribution in [0.1, 0.15) is 37.8 Å². The molecular formula is C30H41N3O6S. The molecule has 2 aromatic heterocycles. The molecule has 9 nitrogen and oxygen atoms in total. The number of likely N-dealkylation sites (tertiary alicyclic amines) is 1. The van der Waals surface area contributed by atoms with Gasteiger partial charge in [-0.1, -0.05) is 12.1 Å². The minimum absolute atomic E-state index is 0.111. The zero-order valence-electron chi connectivity index (χ0n) is 24.5. The smallest absolute Gasteiger partial charge is 0.410 e. The van der Waals surface area contributed by atoms with E-state index in [0.29, 0.717) is 24.8 Å². The van der Waals surface area contributed by atoms with Gasteiger partial charge in [0, 0.05) is 37.2 Å². The van der Waals surface area contributed by atoms with Crippen LogP contribution in [0.2, 0.25) is 0 Å². The van der Waals surface area contributed by atoms with E-state index < -0.39 is 33.6 Å². The fraction of sp³-hybridized carbons (Fsp3) is 0.500. The zero-order chi connectivity index (χ0) is 29.2. The molecule has 3 heterocycles. The van der Waals surface area contributed by atoms with Gasteiger partial charge in [0.05, 0.1) is 17.9 Å². The summed E-state index contributed by atoms with van der Waals surface area (Å²) in [5.41, 5.74) is 2.02. The minimum atomic E-state index is -0.931. The number of aryl methyl sites for hydroxylation is 1. The number of carbonyl (C=O) groups excluding carboxylic acids is 1. The number of carboxylic acids is 1. The normalized spacial score (nSPS) is 18.2. The highest BCUT2D eigenvalue weighted by Crippen LogP contribution is 2.37. The van der Waals surface area contributed by atoms with Gasteiger partial charge in [-0.05, 0) is 75.8 Å². The highest BCUT2D eigenvalue weighted by molar-refractivity contribution is 8.32. The van der Waals surface area contributed by atoms with Crippen molar-refractivity contribution in [2.75, 3.05) is 44.2 Å². The second-order valence-electron chi connectivity index (χ2n) is 12.2. The quantitative estimate of drug-likeness (QED) is 0.322. The van der Waals surface area contributed by atoms with Gasteiger partial charge in [0.15, 0.2) is 0 Å². The molecule has 0 saturated carbocycles. The molecule has 0 aliphatic carbocycles. The summed E-state index contributed by atoms with van der Waals surface area (Å²) in [4.78, 5) is 30.7. The average molecular weight is 572 g/mol. The van der Waals surface area contributed by atoms with Gasteiger partial charge < -0.3 is 28.8 Å². The highest BCUT2D eigenvalue weighted by atomic mass is 32.3. The van der Waals surface area contributed by atoms with Gasteiger partial charge in [-0.3, -0.25) is 4.79 Å². The average Bonchev–Trinajstić information content (AvgIpc) is 3.44. The highest BCUT2D eigenvalue weighted by Gasteiger charge is 2.41. The van der Waals surface area contributed by atoms with Crippen LogP contribution in [0, 0.1) is 12.8 Å². The summed E-state index contributed by atoms with van der Waals surface area (Å²) < 4.78 is 19.7. The molecule has 1 aliphatic rings. The molecule has 1 fully saturated rings. The molecule has 1 aromatic carbocycles. The van der Waals surface area contributed by atoms with Gasteiger partial charge in [0.2, 0.25) is 0 Å². The first-order valence-electron chi connectivity index (χ1n) is 13.4. The Bertz CT molecular complexity index is 1360. The molecule has 0 bridgehead atoms. The number of carboxylic acid groups (broad SMARTS) is 1. The van der Waals surface area contributed by atoms with Gasteiger partial charge >= 0.3 is 12.1 Å². The molecule has 3 aromatic rings. The van der Waals surface area contributed by atoms with Crippen LogP contribution in [0.15, 0.2) is 42.7 Å². The second-order valence-corrected chi connectivity index (χ2v) is 16.8. The van der Waals surface area contributed by atoms with Crippen molar-refractivity contribution in [1.29, 1.82) is 0 Å². The molecule has 10 heteroatoms. The molecule has 2 atom stereocenters. The number of aromatic nitrogens is 2. The Hall–Kier alpha value is -3.24. The van der Waals surface area contributed by atoms with Gasteiger partial charge in [0.25, 0.3) is 0 Å². The lowest BCUT2D eigenvalue weighted by molar-refractivity contribution is -0.141. The number of rotatable bonds is 9. The lowest BCUT2D eigenvalue weighted by Crippen LogP contribution is -2.35. The minimum Gasteiger partial charge on any atom is -0.481 e. The molecule has 218 valence electrons. The van der Waals surface area contributed by atoms with Crippen molar-refractivity contribution in [1.82, 2.24) is 14.5 Å². The summed E-state index contributed by atoms with van der Waals surface area (Å²) >= 11 is 0. The number of nitrogens with zero attached hydrogens (tertiary/aromatic N) is 3. The molecule has 4 rings (SSSR count). The van der Waals surface area contributed by atoms with E-state index in [9.17, 15) is 14.7 Å². The summed E-state index contributed by atoms with van der Waals surface area (Å²) in [7, 11) is -0.608. The Morgan fingerprint density at radius 3 is 2.42 bits per heavy atom. The maximum absolute atomic E-state index is 12.6.